The summed E-state index contributed by atoms with van der Waals surface area (Å²) in [4.78, 5) is 16.2. The van der Waals surface area contributed by atoms with Gasteiger partial charge in [0, 0.05) is 11.5 Å². The van der Waals surface area contributed by atoms with Crippen LogP contribution in [-0.2, 0) is 10.3 Å². The van der Waals surface area contributed by atoms with Gasteiger partial charge in [-0.3, -0.25) is 0 Å². The van der Waals surface area contributed by atoms with Crippen LogP contribution in [0.5, 0.6) is 5.19 Å². The van der Waals surface area contributed by atoms with Gasteiger partial charge in [0.15, 0.2) is 5.82 Å². The van der Waals surface area contributed by atoms with Gasteiger partial charge in [-0.1, -0.05) is 45.8 Å². The number of halogens is 3. The summed E-state index contributed by atoms with van der Waals surface area (Å²) >= 11 is 14.3. The predicted molar refractivity (Wildman–Crippen MR) is 153 cm³/mol. The van der Waals surface area contributed by atoms with Crippen molar-refractivity contribution in [1.29, 1.82) is 0 Å². The molecule has 0 unspecified atom stereocenters. The van der Waals surface area contributed by atoms with Crippen LogP contribution in [0.1, 0.15) is 79.0 Å². The largest absolute Gasteiger partial charge is 0.467 e. The fraction of sp³-hybridized carbons (Fsp3) is 0.433. The zero-order valence-corrected chi connectivity index (χ0v) is 24.5. The number of carbonyl (C=O) groups excluding carboxylic acids is 1. The number of hydrogen-bond donors (Lipinski definition) is 1. The lowest BCUT2D eigenvalue weighted by Crippen LogP contribution is -2.52. The summed E-state index contributed by atoms with van der Waals surface area (Å²) in [6, 6.07) is 8.03. The second kappa shape index (κ2) is 9.93. The maximum absolute atomic E-state index is 14.6. The third-order valence-electron chi connectivity index (χ3n) is 8.78. The standard InChI is InChI=1S/C30H27Cl2FN2O5S/c1-38-27(36)16-11-20(33)24-21(12-16)41-28(34-24)39-17-7-9-29(10-8-17)13-30(37,14-29)23-25(35-40-26(23)15-5-6-15)22-18(31)3-2-4-19(22)32/h2-4,11-12,15,17,37H,5-10,13-14H2,1H3. The van der Waals surface area contributed by atoms with Crippen LogP contribution in [0.15, 0.2) is 34.9 Å². The van der Waals surface area contributed by atoms with Crippen molar-refractivity contribution in [1.82, 2.24) is 10.1 Å². The minimum atomic E-state index is -1.06. The lowest BCUT2D eigenvalue weighted by molar-refractivity contribution is -0.156. The molecule has 11 heteroatoms. The average Bonchev–Trinajstić information content (AvgIpc) is 3.54. The van der Waals surface area contributed by atoms with Crippen LogP contribution in [0.4, 0.5) is 4.39 Å². The number of aromatic nitrogens is 2. The van der Waals surface area contributed by atoms with Gasteiger partial charge in [-0.15, -0.1) is 0 Å². The molecule has 7 nitrogen and oxygen atoms in total. The van der Waals surface area contributed by atoms with Crippen LogP contribution in [0.2, 0.25) is 10.0 Å². The Morgan fingerprint density at radius 1 is 1.15 bits per heavy atom. The predicted octanol–water partition coefficient (Wildman–Crippen LogP) is 8.05. The molecule has 3 aliphatic rings. The molecule has 3 fully saturated rings. The molecule has 0 aliphatic heterocycles. The average molecular weight is 618 g/mol. The van der Waals surface area contributed by atoms with E-state index in [4.69, 9.17) is 37.2 Å². The van der Waals surface area contributed by atoms with E-state index >= 15 is 0 Å². The normalized spacial score (nSPS) is 25.8. The molecule has 0 amide bonds. The molecule has 2 heterocycles. The summed E-state index contributed by atoms with van der Waals surface area (Å²) in [6.45, 7) is 0. The second-order valence-corrected chi connectivity index (χ2v) is 13.4. The smallest absolute Gasteiger partial charge is 0.338 e. The zero-order chi connectivity index (χ0) is 28.5. The van der Waals surface area contributed by atoms with Gasteiger partial charge in [0.25, 0.3) is 5.19 Å². The van der Waals surface area contributed by atoms with Crippen molar-refractivity contribution in [3.05, 3.63) is 63.1 Å². The maximum Gasteiger partial charge on any atom is 0.338 e. The van der Waals surface area contributed by atoms with Gasteiger partial charge in [-0.05, 0) is 81.0 Å². The van der Waals surface area contributed by atoms with Crippen LogP contribution in [0, 0.1) is 11.2 Å². The topological polar surface area (TPSA) is 94.7 Å². The number of rotatable bonds is 6. The fourth-order valence-corrected chi connectivity index (χ4v) is 8.22. The number of hydrogen-bond acceptors (Lipinski definition) is 8. The Balaban J connectivity index is 1.07. The van der Waals surface area contributed by atoms with Crippen molar-refractivity contribution in [3.8, 4) is 16.5 Å². The van der Waals surface area contributed by atoms with Gasteiger partial charge >= 0.3 is 5.97 Å². The molecule has 2 aromatic carbocycles. The van der Waals surface area contributed by atoms with Crippen LogP contribution in [0.25, 0.3) is 21.5 Å². The van der Waals surface area contributed by atoms with E-state index in [-0.39, 0.29) is 28.5 Å². The summed E-state index contributed by atoms with van der Waals surface area (Å²) in [6.07, 6.45) is 6.53. The molecule has 1 N–H and O–H groups in total. The molecule has 0 radical (unpaired) electrons. The number of benzene rings is 2. The van der Waals surface area contributed by atoms with Gasteiger partial charge in [-0.25, -0.2) is 9.18 Å². The highest BCUT2D eigenvalue weighted by Crippen LogP contribution is 2.64. The first-order chi connectivity index (χ1) is 19.7. The maximum atomic E-state index is 14.6. The van der Waals surface area contributed by atoms with Gasteiger partial charge in [0.2, 0.25) is 0 Å². The molecule has 214 valence electrons. The third-order valence-corrected chi connectivity index (χ3v) is 10.3. The van der Waals surface area contributed by atoms with Gasteiger partial charge in [-0.2, -0.15) is 4.98 Å². The second-order valence-electron chi connectivity index (χ2n) is 11.6. The zero-order valence-electron chi connectivity index (χ0n) is 22.2. The molecular weight excluding hydrogens is 590 g/mol. The first kappa shape index (κ1) is 27.1. The Morgan fingerprint density at radius 3 is 2.51 bits per heavy atom. The Kier molecular flexibility index (Phi) is 6.57. The van der Waals surface area contributed by atoms with Crippen molar-refractivity contribution in [2.45, 2.75) is 69.0 Å². The van der Waals surface area contributed by atoms with E-state index in [1.54, 1.807) is 24.3 Å². The number of thiazole rings is 1. The minimum Gasteiger partial charge on any atom is -0.467 e. The number of methoxy groups -OCH3 is 1. The third kappa shape index (κ3) is 4.71. The number of carbonyl (C=O) groups is 1. The van der Waals surface area contributed by atoms with E-state index in [1.807, 2.05) is 0 Å². The SMILES string of the molecule is COC(=O)c1cc(F)c2nc(OC3CCC4(CC3)CC(O)(c3c(-c5c(Cl)cccc5Cl)noc3C3CC3)C4)sc2c1. The first-order valence-electron chi connectivity index (χ1n) is 13.7. The van der Waals surface area contributed by atoms with Gasteiger partial charge < -0.3 is 19.1 Å². The molecule has 41 heavy (non-hydrogen) atoms. The van der Waals surface area contributed by atoms with E-state index in [2.05, 4.69) is 10.1 Å². The molecule has 3 saturated carbocycles. The monoisotopic (exact) mass is 616 g/mol. The molecule has 2 aromatic heterocycles. The summed E-state index contributed by atoms with van der Waals surface area (Å²) in [5.74, 6) is -0.164. The Morgan fingerprint density at radius 2 is 1.85 bits per heavy atom. The van der Waals surface area contributed by atoms with Crippen molar-refractivity contribution in [3.63, 3.8) is 0 Å². The van der Waals surface area contributed by atoms with Crippen LogP contribution in [-0.4, -0.2) is 34.4 Å². The molecule has 0 bridgehead atoms. The van der Waals surface area contributed by atoms with Crippen molar-refractivity contribution < 1.29 is 28.3 Å². The number of aliphatic hydroxyl groups is 1. The van der Waals surface area contributed by atoms with Crippen molar-refractivity contribution in [2.24, 2.45) is 5.41 Å². The Labute approximate surface area is 249 Å². The fourth-order valence-electron chi connectivity index (χ4n) is 6.71. The summed E-state index contributed by atoms with van der Waals surface area (Å²) in [7, 11) is 1.26. The van der Waals surface area contributed by atoms with E-state index in [0.717, 1.165) is 55.9 Å². The summed E-state index contributed by atoms with van der Waals surface area (Å²) in [5.41, 5.74) is 1.12. The summed E-state index contributed by atoms with van der Waals surface area (Å²) in [5, 5.41) is 17.7. The molecule has 7 rings (SSSR count). The van der Waals surface area contributed by atoms with Crippen LogP contribution >= 0.6 is 34.5 Å². The highest BCUT2D eigenvalue weighted by molar-refractivity contribution is 7.20. The van der Waals surface area contributed by atoms with E-state index in [0.29, 0.717) is 44.0 Å². The van der Waals surface area contributed by atoms with Crippen molar-refractivity contribution >= 4 is 50.7 Å². The van der Waals surface area contributed by atoms with E-state index < -0.39 is 17.4 Å². The van der Waals surface area contributed by atoms with E-state index in [1.165, 1.54) is 18.4 Å². The first-order valence-corrected chi connectivity index (χ1v) is 15.3. The summed E-state index contributed by atoms with van der Waals surface area (Å²) < 4.78 is 31.8. The number of fused-ring (bicyclic) bond motifs is 1. The molecule has 3 aliphatic carbocycles. The molecule has 0 atom stereocenters. The van der Waals surface area contributed by atoms with Gasteiger partial charge in [0.1, 0.15) is 23.1 Å². The lowest BCUT2D eigenvalue weighted by Gasteiger charge is -2.56. The number of esters is 1. The highest BCUT2D eigenvalue weighted by atomic mass is 35.5. The number of ether oxygens (including phenoxy) is 2. The molecule has 0 saturated heterocycles. The number of nitrogens with zero attached hydrogens (tertiary/aromatic N) is 2. The van der Waals surface area contributed by atoms with Crippen LogP contribution < -0.4 is 4.74 Å². The van der Waals surface area contributed by atoms with E-state index in [9.17, 15) is 14.3 Å². The highest BCUT2D eigenvalue weighted by Gasteiger charge is 2.58. The minimum absolute atomic E-state index is 0.0106. The van der Waals surface area contributed by atoms with Gasteiger partial charge in [0.05, 0.1) is 38.6 Å². The Hall–Kier alpha value is -2.72. The molecular formula is C30H27Cl2FN2O5S. The Bertz CT molecular complexity index is 1650. The molecule has 1 spiro atoms. The van der Waals surface area contributed by atoms with Crippen molar-refractivity contribution in [2.75, 3.05) is 7.11 Å². The molecule has 4 aromatic rings. The lowest BCUT2D eigenvalue weighted by atomic mass is 9.51. The van der Waals surface area contributed by atoms with Crippen LogP contribution in [0.3, 0.4) is 0 Å². The quantitative estimate of drug-likeness (QED) is 0.219.